The van der Waals surface area contributed by atoms with Crippen LogP contribution in [0, 0.1) is 0 Å². The number of carbonyl (C=O) groups is 1. The second-order valence-electron chi connectivity index (χ2n) is 7.21. The highest BCUT2D eigenvalue weighted by Crippen LogP contribution is 2.21. The largest absolute Gasteiger partial charge is 0.497 e. The molecule has 30 heavy (non-hydrogen) atoms. The van der Waals surface area contributed by atoms with Gasteiger partial charge in [0.2, 0.25) is 10.0 Å². The molecule has 1 amide bonds. The molecule has 1 fully saturated rings. The lowest BCUT2D eigenvalue weighted by atomic mass is 10.2. The molecule has 1 aliphatic heterocycles. The van der Waals surface area contributed by atoms with Gasteiger partial charge in [0.15, 0.2) is 0 Å². The fraction of sp³-hybridized carbons (Fsp3) is 0.333. The van der Waals surface area contributed by atoms with Gasteiger partial charge in [0.05, 0.1) is 23.0 Å². The van der Waals surface area contributed by atoms with Gasteiger partial charge in [-0.1, -0.05) is 0 Å². The molecular weight excluding hydrogens is 404 g/mol. The standard InChI is InChI=1S/C21H24N4O4S/c1-29-16-6-9-18-19(14-16)24-20(23-18)10-11-22-21(26)15-4-7-17(8-5-15)30(27,28)25-12-2-3-13-25/h4-9,14H,2-3,10-13H2,1H3,(H,22,26)(H,23,24). The number of sulfonamides is 1. The van der Waals surface area contributed by atoms with E-state index in [1.54, 1.807) is 19.2 Å². The number of hydrogen-bond acceptors (Lipinski definition) is 5. The molecule has 2 heterocycles. The third kappa shape index (κ3) is 4.17. The van der Waals surface area contributed by atoms with Crippen molar-refractivity contribution in [1.29, 1.82) is 0 Å². The summed E-state index contributed by atoms with van der Waals surface area (Å²) in [7, 11) is -1.86. The first-order valence-electron chi connectivity index (χ1n) is 9.88. The van der Waals surface area contributed by atoms with E-state index in [1.165, 1.54) is 16.4 Å². The van der Waals surface area contributed by atoms with E-state index in [0.717, 1.165) is 35.4 Å². The zero-order chi connectivity index (χ0) is 21.1. The maximum Gasteiger partial charge on any atom is 0.251 e. The molecule has 2 N–H and O–H groups in total. The lowest BCUT2D eigenvalue weighted by molar-refractivity contribution is 0.0954. The Labute approximate surface area is 175 Å². The minimum Gasteiger partial charge on any atom is -0.497 e. The monoisotopic (exact) mass is 428 g/mol. The van der Waals surface area contributed by atoms with Crippen LogP contribution in [-0.2, 0) is 16.4 Å². The Kier molecular flexibility index (Phi) is 5.74. The second-order valence-corrected chi connectivity index (χ2v) is 9.15. The molecule has 0 bridgehead atoms. The van der Waals surface area contributed by atoms with Gasteiger partial charge in [-0.2, -0.15) is 4.31 Å². The quantitative estimate of drug-likeness (QED) is 0.601. The smallest absolute Gasteiger partial charge is 0.251 e. The number of H-pyrrole nitrogens is 1. The lowest BCUT2D eigenvalue weighted by Crippen LogP contribution is -2.28. The summed E-state index contributed by atoms with van der Waals surface area (Å²) in [6.07, 6.45) is 2.32. The van der Waals surface area contributed by atoms with E-state index in [-0.39, 0.29) is 10.8 Å². The number of nitrogens with one attached hydrogen (secondary N) is 2. The number of nitrogens with zero attached hydrogens (tertiary/aromatic N) is 2. The minimum atomic E-state index is -3.47. The van der Waals surface area contributed by atoms with E-state index < -0.39 is 10.0 Å². The van der Waals surface area contributed by atoms with E-state index in [4.69, 9.17) is 4.74 Å². The average molecular weight is 429 g/mol. The molecule has 1 saturated heterocycles. The van der Waals surface area contributed by atoms with Gasteiger partial charge in [-0.25, -0.2) is 13.4 Å². The van der Waals surface area contributed by atoms with Crippen LogP contribution in [0.3, 0.4) is 0 Å². The molecule has 8 nitrogen and oxygen atoms in total. The van der Waals surface area contributed by atoms with Crippen LogP contribution in [0.5, 0.6) is 5.75 Å². The van der Waals surface area contributed by atoms with Crippen molar-refractivity contribution in [1.82, 2.24) is 19.6 Å². The van der Waals surface area contributed by atoms with Crippen LogP contribution in [0.2, 0.25) is 0 Å². The normalized spacial score (nSPS) is 14.8. The van der Waals surface area contributed by atoms with Crippen molar-refractivity contribution in [3.8, 4) is 5.75 Å². The van der Waals surface area contributed by atoms with Gasteiger partial charge in [-0.05, 0) is 49.2 Å². The Hall–Kier alpha value is -2.91. The highest BCUT2D eigenvalue weighted by atomic mass is 32.2. The number of fused-ring (bicyclic) bond motifs is 1. The Morgan fingerprint density at radius 3 is 2.60 bits per heavy atom. The summed E-state index contributed by atoms with van der Waals surface area (Å²) >= 11 is 0. The predicted octanol–water partition coefficient (Wildman–Crippen LogP) is 2.33. The molecule has 158 valence electrons. The van der Waals surface area contributed by atoms with Gasteiger partial charge in [0.1, 0.15) is 11.6 Å². The summed E-state index contributed by atoms with van der Waals surface area (Å²) in [4.78, 5) is 20.3. The molecule has 9 heteroatoms. The number of benzene rings is 2. The Balaban J connectivity index is 1.35. The minimum absolute atomic E-state index is 0.221. The molecule has 0 spiro atoms. The van der Waals surface area contributed by atoms with Crippen LogP contribution < -0.4 is 10.1 Å². The van der Waals surface area contributed by atoms with Crippen molar-refractivity contribution in [2.45, 2.75) is 24.2 Å². The second kappa shape index (κ2) is 8.45. The highest BCUT2D eigenvalue weighted by molar-refractivity contribution is 7.89. The highest BCUT2D eigenvalue weighted by Gasteiger charge is 2.27. The number of aromatic amines is 1. The van der Waals surface area contributed by atoms with Gasteiger partial charge < -0.3 is 15.0 Å². The number of amides is 1. The maximum atomic E-state index is 12.6. The number of ether oxygens (including phenoxy) is 1. The van der Waals surface area contributed by atoms with E-state index in [9.17, 15) is 13.2 Å². The summed E-state index contributed by atoms with van der Waals surface area (Å²) in [5.41, 5.74) is 2.14. The van der Waals surface area contributed by atoms with Crippen LogP contribution in [0.15, 0.2) is 47.4 Å². The zero-order valence-corrected chi connectivity index (χ0v) is 17.5. The maximum absolute atomic E-state index is 12.6. The van der Waals surface area contributed by atoms with Crippen LogP contribution in [0.25, 0.3) is 11.0 Å². The third-order valence-electron chi connectivity index (χ3n) is 5.20. The molecule has 0 atom stereocenters. The van der Waals surface area contributed by atoms with E-state index in [0.29, 0.717) is 31.6 Å². The number of rotatable bonds is 7. The Bertz CT molecular complexity index is 1150. The SMILES string of the molecule is COc1ccc2nc(CCNC(=O)c3ccc(S(=O)(=O)N4CCCC4)cc3)[nH]c2c1. The van der Waals surface area contributed by atoms with E-state index in [2.05, 4.69) is 15.3 Å². The van der Waals surface area contributed by atoms with Crippen LogP contribution in [0.1, 0.15) is 29.0 Å². The van der Waals surface area contributed by atoms with Crippen molar-refractivity contribution >= 4 is 27.0 Å². The molecule has 4 rings (SSSR count). The van der Waals surface area contributed by atoms with Gasteiger partial charge in [-0.15, -0.1) is 0 Å². The van der Waals surface area contributed by atoms with Crippen molar-refractivity contribution in [2.75, 3.05) is 26.7 Å². The first kappa shape index (κ1) is 20.4. The Morgan fingerprint density at radius 2 is 1.90 bits per heavy atom. The summed E-state index contributed by atoms with van der Waals surface area (Å²) in [6.45, 7) is 1.52. The molecule has 0 aliphatic carbocycles. The fourth-order valence-corrected chi connectivity index (χ4v) is 5.06. The molecule has 1 aromatic heterocycles. The summed E-state index contributed by atoms with van der Waals surface area (Å²) < 4.78 is 31.8. The first-order valence-corrected chi connectivity index (χ1v) is 11.3. The van der Waals surface area contributed by atoms with Crippen molar-refractivity contribution in [3.63, 3.8) is 0 Å². The molecule has 0 saturated carbocycles. The van der Waals surface area contributed by atoms with Crippen molar-refractivity contribution < 1.29 is 17.9 Å². The zero-order valence-electron chi connectivity index (χ0n) is 16.7. The number of carbonyl (C=O) groups excluding carboxylic acids is 1. The molecule has 2 aromatic carbocycles. The summed E-state index contributed by atoms with van der Waals surface area (Å²) in [5, 5.41) is 2.84. The van der Waals surface area contributed by atoms with Crippen LogP contribution in [-0.4, -0.2) is 55.3 Å². The van der Waals surface area contributed by atoms with Gasteiger partial charge >= 0.3 is 0 Å². The van der Waals surface area contributed by atoms with Gasteiger partial charge in [0.25, 0.3) is 5.91 Å². The third-order valence-corrected chi connectivity index (χ3v) is 7.12. The first-order chi connectivity index (χ1) is 14.5. The van der Waals surface area contributed by atoms with E-state index >= 15 is 0 Å². The molecule has 3 aromatic rings. The molecule has 1 aliphatic rings. The molecule has 0 unspecified atom stereocenters. The lowest BCUT2D eigenvalue weighted by Gasteiger charge is -2.15. The number of imidazole rings is 1. The van der Waals surface area contributed by atoms with Crippen LogP contribution in [0.4, 0.5) is 0 Å². The van der Waals surface area contributed by atoms with Crippen LogP contribution >= 0.6 is 0 Å². The number of hydrogen-bond donors (Lipinski definition) is 2. The molecule has 0 radical (unpaired) electrons. The summed E-state index contributed by atoms with van der Waals surface area (Å²) in [5.74, 6) is 1.27. The van der Waals surface area contributed by atoms with Gasteiger partial charge in [-0.3, -0.25) is 4.79 Å². The Morgan fingerprint density at radius 1 is 1.17 bits per heavy atom. The van der Waals surface area contributed by atoms with Gasteiger partial charge in [0, 0.05) is 37.7 Å². The fourth-order valence-electron chi connectivity index (χ4n) is 3.54. The summed E-state index contributed by atoms with van der Waals surface area (Å²) in [6, 6.07) is 11.7. The molecular formula is C21H24N4O4S. The number of aromatic nitrogens is 2. The van der Waals surface area contributed by atoms with E-state index in [1.807, 2.05) is 18.2 Å². The predicted molar refractivity (Wildman–Crippen MR) is 113 cm³/mol. The topological polar surface area (TPSA) is 104 Å². The van der Waals surface area contributed by atoms with Crippen molar-refractivity contribution in [3.05, 3.63) is 53.9 Å². The number of methoxy groups -OCH3 is 1. The van der Waals surface area contributed by atoms with Crippen molar-refractivity contribution in [2.24, 2.45) is 0 Å². The average Bonchev–Trinajstić information content (AvgIpc) is 3.43.